The molecule has 1 aliphatic heterocycles. The monoisotopic (exact) mass is 743 g/mol. The van der Waals surface area contributed by atoms with Crippen LogP contribution in [0.1, 0.15) is 75.9 Å². The molecule has 1 saturated carbocycles. The quantitative estimate of drug-likeness (QED) is 0.193. The van der Waals surface area contributed by atoms with Crippen molar-refractivity contribution in [1.82, 2.24) is 20.2 Å². The number of carboxylic acid groups (broad SMARTS) is 1. The smallest absolute Gasteiger partial charge is 0.410 e. The average molecular weight is 744 g/mol. The Labute approximate surface area is 307 Å². The number of benzene rings is 2. The molecule has 14 heteroatoms. The maximum atomic E-state index is 13.4. The normalized spacial score (nSPS) is 19.3. The van der Waals surface area contributed by atoms with Crippen molar-refractivity contribution in [2.45, 2.75) is 90.8 Å². The minimum absolute atomic E-state index is 0. The summed E-state index contributed by atoms with van der Waals surface area (Å²) in [5, 5.41) is 13.2. The lowest BCUT2D eigenvalue weighted by atomic mass is 9.66. The van der Waals surface area contributed by atoms with Crippen molar-refractivity contribution >= 4 is 40.4 Å². The number of anilines is 1. The zero-order valence-electron chi connectivity index (χ0n) is 30.5. The number of nitrogens with zero attached hydrogens (tertiary/aromatic N) is 3. The van der Waals surface area contributed by atoms with Gasteiger partial charge in [-0.05, 0) is 94.0 Å². The number of piperidine rings is 2. The number of aromatic carboxylic acids is 1. The summed E-state index contributed by atoms with van der Waals surface area (Å²) in [5.74, 6) is -0.634. The highest BCUT2D eigenvalue weighted by molar-refractivity contribution is 7.92. The molecule has 3 N–H and O–H groups in total. The van der Waals surface area contributed by atoms with E-state index in [0.717, 1.165) is 35.6 Å². The first kappa shape index (κ1) is 39.8. The Morgan fingerprint density at radius 2 is 1.61 bits per heavy atom. The van der Waals surface area contributed by atoms with E-state index in [1.54, 1.807) is 6.07 Å². The maximum absolute atomic E-state index is 13.4. The van der Waals surface area contributed by atoms with Crippen molar-refractivity contribution in [1.29, 1.82) is 0 Å². The van der Waals surface area contributed by atoms with E-state index in [1.165, 1.54) is 18.2 Å². The van der Waals surface area contributed by atoms with Gasteiger partial charge in [0.2, 0.25) is 11.8 Å². The zero-order chi connectivity index (χ0) is 36.6. The number of sulfonamides is 1. The van der Waals surface area contributed by atoms with Crippen LogP contribution in [0.2, 0.25) is 0 Å². The molecular formula is C37H50ClN5O7S. The van der Waals surface area contributed by atoms with E-state index in [1.807, 2.05) is 57.7 Å². The second-order valence-electron chi connectivity index (χ2n) is 15.7. The fourth-order valence-electron chi connectivity index (χ4n) is 6.87. The molecule has 1 aliphatic carbocycles. The summed E-state index contributed by atoms with van der Waals surface area (Å²) >= 11 is 0. The molecule has 5 rings (SSSR count). The van der Waals surface area contributed by atoms with Crippen LogP contribution in [0.25, 0.3) is 11.3 Å². The highest BCUT2D eigenvalue weighted by Gasteiger charge is 2.49. The van der Waals surface area contributed by atoms with Crippen molar-refractivity contribution < 1.29 is 32.6 Å². The minimum Gasteiger partial charge on any atom is -0.478 e. The number of aryl methyl sites for hydroxylation is 2. The van der Waals surface area contributed by atoms with Crippen LogP contribution >= 0.6 is 12.4 Å². The number of halogens is 1. The van der Waals surface area contributed by atoms with Gasteiger partial charge in [-0.3, -0.25) is 0 Å². The Balaban J connectivity index is 0.00000583. The number of aromatic nitrogens is 2. The van der Waals surface area contributed by atoms with Crippen LogP contribution in [-0.4, -0.2) is 77.8 Å². The van der Waals surface area contributed by atoms with Gasteiger partial charge in [0, 0.05) is 36.8 Å². The van der Waals surface area contributed by atoms with E-state index in [0.29, 0.717) is 30.6 Å². The molecule has 1 saturated heterocycles. The Bertz CT molecular complexity index is 1830. The first-order valence-corrected chi connectivity index (χ1v) is 18.4. The highest BCUT2D eigenvalue weighted by Crippen LogP contribution is 2.41. The Kier molecular flexibility index (Phi) is 12.0. The SMILES string of the molecule is Cc1cccc(C)c1-c1cc(OC[C@@H](CC(C)(C)C)NC2C3CC2CN(C(=O)OC(C)(C)C)C3)nc(NS(=O)(=O)c2cccc(C(=O)O)c2)n1.Cl. The number of carboxylic acids is 1. The Morgan fingerprint density at radius 3 is 2.20 bits per heavy atom. The number of hydrogen-bond acceptors (Lipinski definition) is 9. The van der Waals surface area contributed by atoms with Gasteiger partial charge < -0.3 is 24.8 Å². The van der Waals surface area contributed by atoms with Gasteiger partial charge in [-0.15, -0.1) is 12.4 Å². The second-order valence-corrected chi connectivity index (χ2v) is 17.4. The van der Waals surface area contributed by atoms with Crippen molar-refractivity contribution in [2.75, 3.05) is 24.4 Å². The number of nitrogens with one attached hydrogen (secondary N) is 2. The van der Waals surface area contributed by atoms with Gasteiger partial charge in [-0.25, -0.2) is 27.7 Å². The van der Waals surface area contributed by atoms with Crippen LogP contribution < -0.4 is 14.8 Å². The zero-order valence-corrected chi connectivity index (χ0v) is 32.2. The van der Waals surface area contributed by atoms with Gasteiger partial charge in [-0.1, -0.05) is 45.0 Å². The molecule has 278 valence electrons. The van der Waals surface area contributed by atoms with Crippen molar-refractivity contribution in [2.24, 2.45) is 17.3 Å². The van der Waals surface area contributed by atoms with Gasteiger partial charge in [-0.2, -0.15) is 4.98 Å². The predicted octanol–water partition coefficient (Wildman–Crippen LogP) is 6.71. The average Bonchev–Trinajstić information content (AvgIpc) is 3.00. The molecule has 2 aliphatic rings. The van der Waals surface area contributed by atoms with Gasteiger partial charge in [0.25, 0.3) is 10.0 Å². The lowest BCUT2D eigenvalue weighted by Crippen LogP contribution is -2.66. The van der Waals surface area contributed by atoms with Crippen LogP contribution in [0, 0.1) is 31.1 Å². The van der Waals surface area contributed by atoms with Crippen LogP contribution in [0.4, 0.5) is 10.7 Å². The van der Waals surface area contributed by atoms with Crippen molar-refractivity contribution in [3.63, 3.8) is 0 Å². The van der Waals surface area contributed by atoms with E-state index in [9.17, 15) is 23.1 Å². The third-order valence-corrected chi connectivity index (χ3v) is 10.3. The number of hydrogen-bond donors (Lipinski definition) is 3. The molecule has 3 aromatic rings. The third-order valence-electron chi connectivity index (χ3n) is 8.96. The standard InChI is InChI=1S/C37H49N5O7S.ClH/c1-22-11-9-12-23(2)31(22)29-17-30(40-34(39-29)41-50(46,47)28-14-10-13-24(16-28)33(43)44)48-21-27(18-36(3,4)5)38-32-25-15-26(32)20-42(19-25)35(45)49-37(6,7)8;/h9-14,16-17,25-27,32,38H,15,18-21H2,1-8H3,(H,43,44)(H,39,40,41);1H/t25?,26?,27-,32?;/m1./s1. The topological polar surface area (TPSA) is 160 Å². The lowest BCUT2D eigenvalue weighted by Gasteiger charge is -2.54. The van der Waals surface area contributed by atoms with Crippen LogP contribution in [0.15, 0.2) is 53.4 Å². The van der Waals surface area contributed by atoms with E-state index >= 15 is 0 Å². The van der Waals surface area contributed by atoms with E-state index in [2.05, 4.69) is 40.8 Å². The first-order chi connectivity index (χ1) is 23.3. The number of likely N-dealkylation sites (tertiary alicyclic amines) is 1. The lowest BCUT2D eigenvalue weighted by molar-refractivity contribution is -0.0409. The molecule has 1 amide bonds. The minimum atomic E-state index is -4.25. The molecule has 0 spiro atoms. The number of rotatable bonds is 11. The molecule has 2 aromatic carbocycles. The van der Waals surface area contributed by atoms with Crippen LogP contribution in [0.5, 0.6) is 5.88 Å². The summed E-state index contributed by atoms with van der Waals surface area (Å²) in [6, 6.07) is 12.8. The molecule has 1 aromatic heterocycles. The van der Waals surface area contributed by atoms with Gasteiger partial charge in [0.1, 0.15) is 12.2 Å². The molecule has 51 heavy (non-hydrogen) atoms. The van der Waals surface area contributed by atoms with E-state index < -0.39 is 21.6 Å². The maximum Gasteiger partial charge on any atom is 0.410 e. The number of carbonyl (C=O) groups excluding carboxylic acids is 1. The van der Waals surface area contributed by atoms with Gasteiger partial charge in [0.15, 0.2) is 0 Å². The summed E-state index contributed by atoms with van der Waals surface area (Å²) in [5.41, 5.74) is 2.47. The fraction of sp³-hybridized carbons (Fsp3) is 0.514. The summed E-state index contributed by atoms with van der Waals surface area (Å²) in [7, 11) is -4.25. The van der Waals surface area contributed by atoms with Crippen LogP contribution in [-0.2, 0) is 14.8 Å². The summed E-state index contributed by atoms with van der Waals surface area (Å²) < 4.78 is 41.3. The Hall–Kier alpha value is -3.94. The van der Waals surface area contributed by atoms with Gasteiger partial charge in [0.05, 0.1) is 16.2 Å². The molecule has 2 unspecified atom stereocenters. The number of ether oxygens (including phenoxy) is 2. The summed E-state index contributed by atoms with van der Waals surface area (Å²) in [6.45, 7) is 17.6. The number of amides is 1. The van der Waals surface area contributed by atoms with Crippen LogP contribution in [0.3, 0.4) is 0 Å². The van der Waals surface area contributed by atoms with Crippen molar-refractivity contribution in [3.05, 3.63) is 65.2 Å². The fourth-order valence-corrected chi connectivity index (χ4v) is 7.85. The number of fused-ring (bicyclic) bond motifs is 2. The Morgan fingerprint density at radius 1 is 0.980 bits per heavy atom. The van der Waals surface area contributed by atoms with Crippen molar-refractivity contribution in [3.8, 4) is 17.1 Å². The molecule has 2 fully saturated rings. The third kappa shape index (κ3) is 10.1. The van der Waals surface area contributed by atoms with Gasteiger partial charge >= 0.3 is 12.1 Å². The summed E-state index contributed by atoms with van der Waals surface area (Å²) in [6.07, 6.45) is 1.57. The largest absolute Gasteiger partial charge is 0.478 e. The molecule has 2 bridgehead atoms. The molecule has 2 heterocycles. The molecule has 3 atom stereocenters. The second kappa shape index (κ2) is 15.3. The molecular weight excluding hydrogens is 694 g/mol. The van der Waals surface area contributed by atoms with E-state index in [4.69, 9.17) is 9.47 Å². The predicted molar refractivity (Wildman–Crippen MR) is 198 cm³/mol. The molecule has 0 radical (unpaired) electrons. The first-order valence-electron chi connectivity index (χ1n) is 17.0. The highest BCUT2D eigenvalue weighted by atomic mass is 35.5. The molecule has 12 nitrogen and oxygen atoms in total. The number of carbonyl (C=O) groups is 2. The summed E-state index contributed by atoms with van der Waals surface area (Å²) in [4.78, 5) is 34.9. The van der Waals surface area contributed by atoms with E-state index in [-0.39, 0.29) is 64.9 Å².